The van der Waals surface area contributed by atoms with E-state index in [2.05, 4.69) is 55.8 Å². The Kier molecular flexibility index (Phi) is 2.11. The van der Waals surface area contributed by atoms with Crippen LogP contribution >= 0.6 is 20.7 Å². The van der Waals surface area contributed by atoms with Crippen LogP contribution in [-0.2, 0) is 7.05 Å². The molecule has 3 rings (SSSR count). The summed E-state index contributed by atoms with van der Waals surface area (Å²) in [5, 5.41) is 1.34. The molecule has 0 amide bonds. The zero-order valence-electron chi connectivity index (χ0n) is 8.37. The number of fused-ring (bicyclic) bond motifs is 3. The van der Waals surface area contributed by atoms with Crippen LogP contribution in [0.25, 0.3) is 23.1 Å². The smallest absolute Gasteiger partial charge is 0.0571 e. The van der Waals surface area contributed by atoms with Gasteiger partial charge in [0.25, 0.3) is 0 Å². The van der Waals surface area contributed by atoms with Gasteiger partial charge in [0.15, 0.2) is 0 Å². The highest BCUT2D eigenvalue weighted by Gasteiger charge is 2.10. The molecular weight excluding hydrogens is 297 g/mol. The molecular formula is C13H10IN. The van der Waals surface area contributed by atoms with Crippen LogP contribution < -0.4 is 0 Å². The van der Waals surface area contributed by atoms with E-state index in [1.807, 2.05) is 0 Å². The van der Waals surface area contributed by atoms with Gasteiger partial charge in [-0.15, -0.1) is 0 Å². The van der Waals surface area contributed by atoms with E-state index in [0.717, 1.165) is 0 Å². The summed E-state index contributed by atoms with van der Waals surface area (Å²) in [6.07, 6.45) is 4.39. The number of halogens is 1. The SMILES string of the molecule is Cn1c2c(c3ccccc31)C=CI=C=C2. The van der Waals surface area contributed by atoms with Crippen molar-refractivity contribution in [1.29, 1.82) is 0 Å². The lowest BCUT2D eigenvalue weighted by atomic mass is 10.1. The maximum atomic E-state index is 3.38. The van der Waals surface area contributed by atoms with Gasteiger partial charge in [0.05, 0.1) is 5.69 Å². The van der Waals surface area contributed by atoms with Gasteiger partial charge in [0.2, 0.25) is 0 Å². The first-order valence-corrected chi connectivity index (χ1v) is 7.15. The normalized spacial score (nSPS) is 13.7. The zero-order valence-corrected chi connectivity index (χ0v) is 10.5. The van der Waals surface area contributed by atoms with E-state index < -0.39 is 0 Å². The topological polar surface area (TPSA) is 4.93 Å². The lowest BCUT2D eigenvalue weighted by molar-refractivity contribution is 0.954. The second-order valence-corrected chi connectivity index (χ2v) is 5.50. The molecule has 15 heavy (non-hydrogen) atoms. The predicted molar refractivity (Wildman–Crippen MR) is 75.4 cm³/mol. The Morgan fingerprint density at radius 2 is 2.13 bits per heavy atom. The maximum Gasteiger partial charge on any atom is 0.0571 e. The minimum atomic E-state index is -0.00372. The fourth-order valence-corrected chi connectivity index (χ4v) is 3.23. The third kappa shape index (κ3) is 1.33. The quantitative estimate of drug-likeness (QED) is 0.656. The van der Waals surface area contributed by atoms with Crippen molar-refractivity contribution >= 4 is 47.5 Å². The van der Waals surface area contributed by atoms with E-state index in [-0.39, 0.29) is 20.7 Å². The molecule has 1 nitrogen and oxygen atoms in total. The second-order valence-electron chi connectivity index (χ2n) is 3.53. The van der Waals surface area contributed by atoms with Crippen LogP contribution in [0, 0.1) is 0 Å². The first kappa shape index (κ1) is 9.13. The molecule has 0 radical (unpaired) electrons. The van der Waals surface area contributed by atoms with E-state index >= 15 is 0 Å². The number of nitrogens with zero attached hydrogens (tertiary/aromatic N) is 1. The standard InChI is InChI=1S/C13H10IN/c1-15-12-5-3-2-4-10(12)11-6-8-14-9-7-13(11)15/h2-8H,1H3. The van der Waals surface area contributed by atoms with Crippen LogP contribution in [0.5, 0.6) is 0 Å². The third-order valence-electron chi connectivity index (χ3n) is 2.74. The van der Waals surface area contributed by atoms with Crippen molar-refractivity contribution in [3.63, 3.8) is 0 Å². The van der Waals surface area contributed by atoms with Gasteiger partial charge in [-0.3, -0.25) is 0 Å². The van der Waals surface area contributed by atoms with Gasteiger partial charge >= 0.3 is 0 Å². The monoisotopic (exact) mass is 307 g/mol. The molecule has 1 aliphatic heterocycles. The lowest BCUT2D eigenvalue weighted by Crippen LogP contribution is -1.90. The van der Waals surface area contributed by atoms with Gasteiger partial charge < -0.3 is 4.57 Å². The molecule has 74 valence electrons. The molecule has 0 saturated carbocycles. The van der Waals surface area contributed by atoms with Crippen molar-refractivity contribution in [2.24, 2.45) is 7.05 Å². The average Bonchev–Trinajstić information content (AvgIpc) is 2.48. The van der Waals surface area contributed by atoms with Crippen LogP contribution in [0.2, 0.25) is 0 Å². The summed E-state index contributed by atoms with van der Waals surface area (Å²) in [6, 6.07) is 8.55. The van der Waals surface area contributed by atoms with Crippen LogP contribution in [0.4, 0.5) is 0 Å². The van der Waals surface area contributed by atoms with E-state index in [4.69, 9.17) is 0 Å². The molecule has 2 heteroatoms. The van der Waals surface area contributed by atoms with Gasteiger partial charge in [0.1, 0.15) is 0 Å². The van der Waals surface area contributed by atoms with Crippen LogP contribution in [0.15, 0.2) is 28.3 Å². The Morgan fingerprint density at radius 3 is 3.07 bits per heavy atom. The van der Waals surface area contributed by atoms with E-state index in [9.17, 15) is 0 Å². The van der Waals surface area contributed by atoms with Crippen LogP contribution in [-0.4, -0.2) is 8.23 Å². The number of hydrogen-bond acceptors (Lipinski definition) is 0. The zero-order chi connectivity index (χ0) is 10.3. The van der Waals surface area contributed by atoms with Crippen molar-refractivity contribution in [1.82, 2.24) is 4.57 Å². The van der Waals surface area contributed by atoms with Crippen molar-refractivity contribution in [3.8, 4) is 0 Å². The van der Waals surface area contributed by atoms with E-state index in [1.165, 1.54) is 22.2 Å². The Hall–Kier alpha value is -1.12. The number of aryl methyl sites for hydroxylation is 1. The summed E-state index contributed by atoms with van der Waals surface area (Å²) in [6.45, 7) is 0. The predicted octanol–water partition coefficient (Wildman–Crippen LogP) is 3.55. The van der Waals surface area contributed by atoms with Crippen LogP contribution in [0.3, 0.4) is 0 Å². The average molecular weight is 307 g/mol. The lowest BCUT2D eigenvalue weighted by Gasteiger charge is -1.97. The van der Waals surface area contributed by atoms with Gasteiger partial charge in [-0.05, 0) is 37.0 Å². The summed E-state index contributed by atoms with van der Waals surface area (Å²) in [5.74, 6) is 0. The molecule has 1 aliphatic rings. The van der Waals surface area contributed by atoms with Crippen molar-refractivity contribution in [2.75, 3.05) is 0 Å². The maximum absolute atomic E-state index is 3.38. The molecule has 0 unspecified atom stereocenters. The van der Waals surface area contributed by atoms with Gasteiger partial charge in [-0.1, -0.05) is 21.9 Å². The van der Waals surface area contributed by atoms with Gasteiger partial charge in [0, 0.05) is 29.6 Å². The second kappa shape index (κ2) is 3.47. The summed E-state index contributed by atoms with van der Waals surface area (Å²) >= 11 is -0.00372. The number of rotatable bonds is 0. The highest BCUT2D eigenvalue weighted by molar-refractivity contribution is 14.2. The molecule has 0 spiro atoms. The number of hydrogen-bond donors (Lipinski definition) is 0. The molecule has 2 aromatic rings. The van der Waals surface area contributed by atoms with Gasteiger partial charge in [-0.25, -0.2) is 0 Å². The molecule has 0 bridgehead atoms. The molecule has 1 aromatic carbocycles. The number of benzene rings is 1. The van der Waals surface area contributed by atoms with Crippen LogP contribution in [0.1, 0.15) is 11.3 Å². The molecule has 0 saturated heterocycles. The fourth-order valence-electron chi connectivity index (χ4n) is 2.01. The van der Waals surface area contributed by atoms with E-state index in [1.54, 1.807) is 0 Å². The highest BCUT2D eigenvalue weighted by Crippen LogP contribution is 2.28. The number of aromatic nitrogens is 1. The van der Waals surface area contributed by atoms with Crippen molar-refractivity contribution < 1.29 is 0 Å². The molecule has 0 aliphatic carbocycles. The summed E-state index contributed by atoms with van der Waals surface area (Å²) < 4.78 is 7.90. The Morgan fingerprint density at radius 1 is 1.27 bits per heavy atom. The van der Waals surface area contributed by atoms with Crippen molar-refractivity contribution in [3.05, 3.63) is 39.6 Å². The third-order valence-corrected chi connectivity index (χ3v) is 4.13. The Labute approximate surface area is 98.5 Å². The summed E-state index contributed by atoms with van der Waals surface area (Å²) in [7, 11) is 2.12. The number of para-hydroxylation sites is 1. The molecule has 0 fully saturated rings. The summed E-state index contributed by atoms with van der Waals surface area (Å²) in [4.78, 5) is 0. The minimum absolute atomic E-state index is 0.00372. The van der Waals surface area contributed by atoms with Gasteiger partial charge in [-0.2, -0.15) is 0 Å². The highest BCUT2D eigenvalue weighted by atomic mass is 127. The molecule has 0 N–H and O–H groups in total. The first-order chi connectivity index (χ1) is 7.38. The molecule has 1 aromatic heterocycles. The molecule has 0 atom stereocenters. The first-order valence-electron chi connectivity index (χ1n) is 4.83. The van der Waals surface area contributed by atoms with E-state index in [0.29, 0.717) is 0 Å². The fraction of sp³-hybridized carbons (Fsp3) is 0.0769. The largest absolute Gasteiger partial charge is 0.343 e. The summed E-state index contributed by atoms with van der Waals surface area (Å²) in [5.41, 5.74) is 3.92. The Bertz CT molecular complexity index is 625. The molecule has 2 heterocycles. The Balaban J connectivity index is 2.53. The van der Waals surface area contributed by atoms with Crippen molar-refractivity contribution in [2.45, 2.75) is 0 Å². The minimum Gasteiger partial charge on any atom is -0.343 e.